The summed E-state index contributed by atoms with van der Waals surface area (Å²) < 4.78 is 32.4. The number of methoxy groups -OCH3 is 1. The first-order valence-corrected chi connectivity index (χ1v) is 12.1. The van der Waals surface area contributed by atoms with E-state index in [4.69, 9.17) is 17.0 Å². The van der Waals surface area contributed by atoms with E-state index in [0.717, 1.165) is 12.1 Å². The van der Waals surface area contributed by atoms with Gasteiger partial charge in [0.05, 0.1) is 12.0 Å². The van der Waals surface area contributed by atoms with E-state index in [-0.39, 0.29) is 4.90 Å². The van der Waals surface area contributed by atoms with E-state index in [2.05, 4.69) is 24.4 Å². The molecule has 0 spiro atoms. The molecule has 8 heteroatoms. The molecule has 0 amide bonds. The summed E-state index contributed by atoms with van der Waals surface area (Å²) in [6.45, 7) is 4.08. The number of sulfonamides is 1. The average molecular weight is 448 g/mol. The summed E-state index contributed by atoms with van der Waals surface area (Å²) in [6.07, 6.45) is 3.46. The molecule has 1 saturated heterocycles. The van der Waals surface area contributed by atoms with Gasteiger partial charge in [0.15, 0.2) is 5.11 Å². The number of unbranched alkanes of at least 4 members (excludes halogenated alkanes) is 1. The van der Waals surface area contributed by atoms with Gasteiger partial charge in [-0.05, 0) is 67.0 Å². The van der Waals surface area contributed by atoms with E-state index < -0.39 is 10.0 Å². The first-order chi connectivity index (χ1) is 14.4. The normalized spacial score (nSPS) is 15.1. The molecule has 0 aromatic heterocycles. The number of benzene rings is 2. The third-order valence-corrected chi connectivity index (χ3v) is 7.52. The SMILES string of the molecule is CCCCc1ccc(NC(=S)N2CCN(S(=O)(=O)c3ccc(OC)cc3)CC2)cc1. The highest BCUT2D eigenvalue weighted by Gasteiger charge is 2.29. The lowest BCUT2D eigenvalue weighted by atomic mass is 10.1. The molecule has 1 aliphatic rings. The zero-order valence-electron chi connectivity index (χ0n) is 17.5. The minimum Gasteiger partial charge on any atom is -0.497 e. The van der Waals surface area contributed by atoms with Gasteiger partial charge in [-0.2, -0.15) is 4.31 Å². The Morgan fingerprint density at radius 2 is 1.67 bits per heavy atom. The van der Waals surface area contributed by atoms with Crippen LogP contribution in [-0.4, -0.2) is 56.0 Å². The van der Waals surface area contributed by atoms with Crippen LogP contribution in [0.4, 0.5) is 5.69 Å². The number of ether oxygens (including phenoxy) is 1. The zero-order valence-corrected chi connectivity index (χ0v) is 19.1. The molecule has 162 valence electrons. The Morgan fingerprint density at radius 1 is 1.03 bits per heavy atom. The molecule has 1 heterocycles. The van der Waals surface area contributed by atoms with Gasteiger partial charge < -0.3 is 15.0 Å². The minimum atomic E-state index is -3.52. The Balaban J connectivity index is 1.54. The number of nitrogens with zero attached hydrogens (tertiary/aromatic N) is 2. The summed E-state index contributed by atoms with van der Waals surface area (Å²) in [5.41, 5.74) is 2.28. The molecule has 0 bridgehead atoms. The summed E-state index contributed by atoms with van der Waals surface area (Å²) in [4.78, 5) is 2.29. The highest BCUT2D eigenvalue weighted by atomic mass is 32.2. The van der Waals surface area contributed by atoms with Gasteiger partial charge >= 0.3 is 0 Å². The van der Waals surface area contributed by atoms with Gasteiger partial charge in [-0.25, -0.2) is 8.42 Å². The summed E-state index contributed by atoms with van der Waals surface area (Å²) in [6, 6.07) is 14.8. The van der Waals surface area contributed by atoms with Crippen molar-refractivity contribution in [2.75, 3.05) is 38.6 Å². The predicted molar refractivity (Wildman–Crippen MR) is 125 cm³/mol. The number of thiocarbonyl (C=S) groups is 1. The first kappa shape index (κ1) is 22.5. The number of anilines is 1. The minimum absolute atomic E-state index is 0.278. The fourth-order valence-corrected chi connectivity index (χ4v) is 5.09. The summed E-state index contributed by atoms with van der Waals surface area (Å²) in [7, 11) is -1.96. The van der Waals surface area contributed by atoms with Crippen LogP contribution in [0.25, 0.3) is 0 Å². The molecule has 0 aliphatic carbocycles. The average Bonchev–Trinajstić information content (AvgIpc) is 2.78. The van der Waals surface area contributed by atoms with E-state index >= 15 is 0 Å². The molecule has 1 N–H and O–H groups in total. The van der Waals surface area contributed by atoms with E-state index in [1.54, 1.807) is 31.4 Å². The molecule has 1 fully saturated rings. The smallest absolute Gasteiger partial charge is 0.243 e. The zero-order chi connectivity index (χ0) is 21.6. The Hall–Kier alpha value is -2.16. The number of nitrogens with one attached hydrogen (secondary N) is 1. The largest absolute Gasteiger partial charge is 0.497 e. The van der Waals surface area contributed by atoms with Crippen molar-refractivity contribution in [1.82, 2.24) is 9.21 Å². The molecule has 1 aliphatic heterocycles. The Bertz CT molecular complexity index is 937. The maximum Gasteiger partial charge on any atom is 0.243 e. The van der Waals surface area contributed by atoms with Crippen LogP contribution in [0.1, 0.15) is 25.3 Å². The van der Waals surface area contributed by atoms with Crippen LogP contribution in [0, 0.1) is 0 Å². The number of rotatable bonds is 7. The van der Waals surface area contributed by atoms with E-state index in [9.17, 15) is 8.42 Å². The highest BCUT2D eigenvalue weighted by molar-refractivity contribution is 7.89. The Labute approximate surface area is 184 Å². The second-order valence-electron chi connectivity index (χ2n) is 7.30. The molecule has 3 rings (SSSR count). The molecule has 0 radical (unpaired) electrons. The van der Waals surface area contributed by atoms with E-state index in [1.165, 1.54) is 22.7 Å². The number of aryl methyl sites for hydroxylation is 1. The second kappa shape index (κ2) is 10.2. The molecule has 0 saturated carbocycles. The van der Waals surface area contributed by atoms with Crippen LogP contribution in [0.2, 0.25) is 0 Å². The van der Waals surface area contributed by atoms with Crippen LogP contribution >= 0.6 is 12.2 Å². The second-order valence-corrected chi connectivity index (χ2v) is 9.62. The van der Waals surface area contributed by atoms with Crippen molar-refractivity contribution in [2.24, 2.45) is 0 Å². The molecule has 2 aromatic rings. The summed E-state index contributed by atoms with van der Waals surface area (Å²) in [5.74, 6) is 0.633. The molecular formula is C22H29N3O3S2. The van der Waals surface area contributed by atoms with Crippen molar-refractivity contribution >= 4 is 33.0 Å². The van der Waals surface area contributed by atoms with Crippen molar-refractivity contribution in [1.29, 1.82) is 0 Å². The number of hydrogen-bond donors (Lipinski definition) is 1. The van der Waals surface area contributed by atoms with E-state index in [1.807, 2.05) is 17.0 Å². The lowest BCUT2D eigenvalue weighted by molar-refractivity contribution is 0.268. The fourth-order valence-electron chi connectivity index (χ4n) is 3.37. The molecular weight excluding hydrogens is 418 g/mol. The van der Waals surface area contributed by atoms with Crippen LogP contribution in [0.5, 0.6) is 5.75 Å². The molecule has 6 nitrogen and oxygen atoms in total. The fraction of sp³-hybridized carbons (Fsp3) is 0.409. The van der Waals surface area contributed by atoms with Crippen molar-refractivity contribution in [3.05, 3.63) is 54.1 Å². The monoisotopic (exact) mass is 447 g/mol. The van der Waals surface area contributed by atoms with Crippen molar-refractivity contribution in [2.45, 2.75) is 31.1 Å². The molecule has 30 heavy (non-hydrogen) atoms. The standard InChI is InChI=1S/C22H29N3O3S2/c1-3-4-5-18-6-8-19(9-7-18)23-22(29)24-14-16-25(17-15-24)30(26,27)21-12-10-20(28-2)11-13-21/h6-13H,3-5,14-17H2,1-2H3,(H,23,29). The van der Waals surface area contributed by atoms with Crippen molar-refractivity contribution in [3.8, 4) is 5.75 Å². The lowest BCUT2D eigenvalue weighted by Gasteiger charge is -2.35. The van der Waals surface area contributed by atoms with Crippen LogP contribution in [-0.2, 0) is 16.4 Å². The van der Waals surface area contributed by atoms with Gasteiger partial charge in [-0.3, -0.25) is 0 Å². The maximum atomic E-state index is 12.9. The van der Waals surface area contributed by atoms with Gasteiger partial charge in [0.25, 0.3) is 0 Å². The number of hydrogen-bond acceptors (Lipinski definition) is 4. The Kier molecular flexibility index (Phi) is 7.69. The lowest BCUT2D eigenvalue weighted by Crippen LogP contribution is -2.51. The quantitative estimate of drug-likeness (QED) is 0.653. The maximum absolute atomic E-state index is 12.9. The van der Waals surface area contributed by atoms with Gasteiger partial charge in [-0.15, -0.1) is 0 Å². The predicted octanol–water partition coefficient (Wildman–Crippen LogP) is 3.74. The third-order valence-electron chi connectivity index (χ3n) is 5.25. The van der Waals surface area contributed by atoms with Crippen molar-refractivity contribution < 1.29 is 13.2 Å². The van der Waals surface area contributed by atoms with Gasteiger partial charge in [0.1, 0.15) is 5.75 Å². The summed E-state index contributed by atoms with van der Waals surface area (Å²) >= 11 is 5.54. The van der Waals surface area contributed by atoms with Crippen LogP contribution < -0.4 is 10.1 Å². The van der Waals surface area contributed by atoms with Crippen LogP contribution in [0.3, 0.4) is 0 Å². The first-order valence-electron chi connectivity index (χ1n) is 10.2. The van der Waals surface area contributed by atoms with E-state index in [0.29, 0.717) is 37.0 Å². The summed E-state index contributed by atoms with van der Waals surface area (Å²) in [5, 5.41) is 3.89. The topological polar surface area (TPSA) is 61.9 Å². The molecule has 0 atom stereocenters. The molecule has 2 aromatic carbocycles. The molecule has 0 unspecified atom stereocenters. The Morgan fingerprint density at radius 3 is 2.23 bits per heavy atom. The van der Waals surface area contributed by atoms with Gasteiger partial charge in [-0.1, -0.05) is 25.5 Å². The van der Waals surface area contributed by atoms with Gasteiger partial charge in [0, 0.05) is 31.9 Å². The highest BCUT2D eigenvalue weighted by Crippen LogP contribution is 2.21. The number of piperazine rings is 1. The van der Waals surface area contributed by atoms with Gasteiger partial charge in [0.2, 0.25) is 10.0 Å². The third kappa shape index (κ3) is 5.50. The van der Waals surface area contributed by atoms with Crippen molar-refractivity contribution in [3.63, 3.8) is 0 Å². The van der Waals surface area contributed by atoms with Crippen LogP contribution in [0.15, 0.2) is 53.4 Å².